The minimum Gasteiger partial charge on any atom is -0.508 e. The summed E-state index contributed by atoms with van der Waals surface area (Å²) in [6.45, 7) is 17.5. The molecule has 1 N–H and O–H groups in total. The van der Waals surface area contributed by atoms with Crippen LogP contribution in [0.1, 0.15) is 38.8 Å². The average molecular weight is 741 g/mol. The van der Waals surface area contributed by atoms with E-state index < -0.39 is 0 Å². The molecule has 0 amide bonds. The topological polar surface area (TPSA) is 20.2 Å². The zero-order chi connectivity index (χ0) is 40.3. The Balaban J connectivity index is 0.000000387. The molecule has 0 aromatic heterocycles. The smallest absolute Gasteiger partial charge is 0.241 e. The van der Waals surface area contributed by atoms with Gasteiger partial charge in [0.2, 0.25) is 6.71 Å². The number of rotatable bonds is 9. The molecule has 6 aromatic rings. The molecule has 0 aliphatic carbocycles. The molecule has 55 heavy (non-hydrogen) atoms. The van der Waals surface area contributed by atoms with E-state index in [2.05, 4.69) is 166 Å². The third-order valence-electron chi connectivity index (χ3n) is 8.18. The Morgan fingerprint density at radius 2 is 1.15 bits per heavy atom. The molecule has 3 heteroatoms. The van der Waals surface area contributed by atoms with Gasteiger partial charge in [-0.3, -0.25) is 0 Å². The van der Waals surface area contributed by atoms with Gasteiger partial charge in [0.15, 0.2) is 0 Å². The van der Waals surface area contributed by atoms with Crippen molar-refractivity contribution in [2.24, 2.45) is 0 Å². The average Bonchev–Trinajstić information content (AvgIpc) is 3.23. The quantitative estimate of drug-likeness (QED) is 0.0859. The summed E-state index contributed by atoms with van der Waals surface area (Å²) in [5, 5.41) is 14.6. The molecule has 0 bridgehead atoms. The molecule has 0 aliphatic rings. The predicted molar refractivity (Wildman–Crippen MR) is 254 cm³/mol. The Morgan fingerprint density at radius 1 is 0.564 bits per heavy atom. The van der Waals surface area contributed by atoms with E-state index in [4.69, 9.17) is 0 Å². The summed E-state index contributed by atoms with van der Waals surface area (Å²) in [6.07, 6.45) is 23.3. The highest BCUT2D eigenvalue weighted by Gasteiger charge is 2.21. The molecular formula is C52H57BOS. The van der Waals surface area contributed by atoms with Crippen LogP contribution >= 0.6 is 12.6 Å². The van der Waals surface area contributed by atoms with Crippen LogP contribution in [0.15, 0.2) is 213 Å². The molecule has 0 saturated heterocycles. The van der Waals surface area contributed by atoms with Gasteiger partial charge in [0.05, 0.1) is 0 Å². The van der Waals surface area contributed by atoms with Crippen LogP contribution in [-0.4, -0.2) is 18.1 Å². The van der Waals surface area contributed by atoms with E-state index in [-0.39, 0.29) is 6.71 Å². The van der Waals surface area contributed by atoms with E-state index >= 15 is 0 Å². The van der Waals surface area contributed by atoms with Crippen molar-refractivity contribution < 1.29 is 5.11 Å². The number of phenolic OH excluding ortho intramolecular Hbond substituents is 1. The van der Waals surface area contributed by atoms with E-state index in [1.165, 1.54) is 32.7 Å². The second-order valence-electron chi connectivity index (χ2n) is 12.0. The lowest BCUT2D eigenvalue weighted by Gasteiger charge is -2.16. The monoisotopic (exact) mass is 740 g/mol. The Labute approximate surface area is 337 Å². The van der Waals surface area contributed by atoms with Gasteiger partial charge in [0.25, 0.3) is 0 Å². The van der Waals surface area contributed by atoms with Crippen LogP contribution in [0.25, 0.3) is 27.6 Å². The van der Waals surface area contributed by atoms with Gasteiger partial charge in [-0.05, 0) is 71.8 Å². The normalized spacial score (nSPS) is 10.9. The molecule has 0 fully saturated rings. The van der Waals surface area contributed by atoms with Crippen LogP contribution in [0.2, 0.25) is 0 Å². The van der Waals surface area contributed by atoms with E-state index in [0.29, 0.717) is 5.75 Å². The number of aromatic hydroxyl groups is 1. The molecule has 0 unspecified atom stereocenters. The van der Waals surface area contributed by atoms with Gasteiger partial charge in [0.1, 0.15) is 5.75 Å². The third-order valence-corrected chi connectivity index (χ3v) is 8.18. The fourth-order valence-corrected chi connectivity index (χ4v) is 5.70. The Hall–Kier alpha value is -5.77. The van der Waals surface area contributed by atoms with E-state index in [1.54, 1.807) is 30.5 Å². The van der Waals surface area contributed by atoms with Gasteiger partial charge in [-0.2, -0.15) is 12.6 Å². The minimum absolute atomic E-state index is 0.127. The maximum Gasteiger partial charge on any atom is 0.241 e. The zero-order valence-electron chi connectivity index (χ0n) is 33.4. The molecule has 0 saturated carbocycles. The first-order valence-corrected chi connectivity index (χ1v) is 19.7. The molecule has 1 nitrogen and oxygen atoms in total. The van der Waals surface area contributed by atoms with E-state index in [1.807, 2.05) is 70.2 Å². The molecule has 0 atom stereocenters. The second-order valence-corrected chi connectivity index (χ2v) is 12.0. The molecule has 0 heterocycles. The summed E-state index contributed by atoms with van der Waals surface area (Å²) < 4.78 is 0. The minimum atomic E-state index is 0.127. The molecule has 0 radical (unpaired) electrons. The summed E-state index contributed by atoms with van der Waals surface area (Å²) in [5.41, 5.74) is 7.31. The van der Waals surface area contributed by atoms with Gasteiger partial charge in [0, 0.05) is 0 Å². The standard InChI is InChI=1S/C31H27BO.C11H10.C7H10.C2H6.CH4S/c1-3-8-24(9-4-2)12-13-25-14-18-29(19-15-25)32(28-10-6-5-7-11-28)30-20-16-27-23-31(33)21-17-26(27)22-30;1-9-6-7-10-4-2-3-5-11(10)8-9;1-3-5-7-6-4-2;2*1-2/h3-23,33H,1H2,2H3;2-8H,1H3;3-7H,1H2,2H3;1-2H3;2H,1H3/b9-4-,13-12+,24-8+;;6-4-,7-5-;;. The lowest BCUT2D eigenvalue weighted by atomic mass is 9.37. The van der Waals surface area contributed by atoms with Crippen molar-refractivity contribution in [2.45, 2.75) is 34.6 Å². The number of benzene rings is 6. The van der Waals surface area contributed by atoms with Gasteiger partial charge >= 0.3 is 0 Å². The van der Waals surface area contributed by atoms with Gasteiger partial charge in [-0.15, -0.1) is 0 Å². The number of aryl methyl sites for hydroxylation is 1. The van der Waals surface area contributed by atoms with Crippen molar-refractivity contribution in [2.75, 3.05) is 6.26 Å². The van der Waals surface area contributed by atoms with Crippen molar-refractivity contribution >= 4 is 63.4 Å². The van der Waals surface area contributed by atoms with Gasteiger partial charge in [-0.25, -0.2) is 0 Å². The van der Waals surface area contributed by atoms with Crippen LogP contribution in [0.5, 0.6) is 5.75 Å². The van der Waals surface area contributed by atoms with E-state index in [9.17, 15) is 5.11 Å². The Morgan fingerprint density at radius 3 is 1.80 bits per heavy atom. The number of allylic oxidation sites excluding steroid dienone is 11. The second kappa shape index (κ2) is 26.9. The van der Waals surface area contributed by atoms with Crippen LogP contribution < -0.4 is 16.4 Å². The van der Waals surface area contributed by atoms with Crippen molar-refractivity contribution in [3.05, 3.63) is 224 Å². The van der Waals surface area contributed by atoms with Crippen LogP contribution in [-0.2, 0) is 0 Å². The van der Waals surface area contributed by atoms with Crippen molar-refractivity contribution in [1.82, 2.24) is 0 Å². The first-order chi connectivity index (χ1) is 26.9. The van der Waals surface area contributed by atoms with Crippen molar-refractivity contribution in [3.8, 4) is 5.75 Å². The molecule has 280 valence electrons. The van der Waals surface area contributed by atoms with Crippen LogP contribution in [0, 0.1) is 6.92 Å². The molecular weight excluding hydrogens is 683 g/mol. The van der Waals surface area contributed by atoms with Crippen LogP contribution in [0.3, 0.4) is 0 Å². The molecule has 0 spiro atoms. The fourth-order valence-electron chi connectivity index (χ4n) is 5.70. The highest BCUT2D eigenvalue weighted by Crippen LogP contribution is 2.19. The highest BCUT2D eigenvalue weighted by molar-refractivity contribution is 7.79. The summed E-state index contributed by atoms with van der Waals surface area (Å²) in [7, 11) is 0. The van der Waals surface area contributed by atoms with Crippen molar-refractivity contribution in [3.63, 3.8) is 0 Å². The summed E-state index contributed by atoms with van der Waals surface area (Å²) >= 11 is 3.53. The lowest BCUT2D eigenvalue weighted by Crippen LogP contribution is -2.51. The largest absolute Gasteiger partial charge is 0.508 e. The molecule has 6 rings (SSSR count). The lowest BCUT2D eigenvalue weighted by molar-refractivity contribution is 0.476. The van der Waals surface area contributed by atoms with E-state index in [0.717, 1.165) is 21.9 Å². The van der Waals surface area contributed by atoms with Gasteiger partial charge in [-0.1, -0.05) is 237 Å². The summed E-state index contributed by atoms with van der Waals surface area (Å²) in [4.78, 5) is 0. The maximum absolute atomic E-state index is 9.81. The van der Waals surface area contributed by atoms with Crippen LogP contribution in [0.4, 0.5) is 0 Å². The highest BCUT2D eigenvalue weighted by atomic mass is 32.1. The first-order valence-electron chi connectivity index (χ1n) is 18.8. The van der Waals surface area contributed by atoms with Crippen molar-refractivity contribution in [1.29, 1.82) is 0 Å². The summed E-state index contributed by atoms with van der Waals surface area (Å²) in [6, 6.07) is 46.3. The fraction of sp³-hybridized carbons (Fsp3) is 0.115. The first kappa shape index (κ1) is 45.4. The number of phenols is 1. The Bertz CT molecular complexity index is 2170. The number of thiol groups is 1. The third kappa shape index (κ3) is 15.6. The SMILES string of the molecule is C=C/C=C(\C=C/C)/C=C/c1ccc(B(c2ccccc2)c2ccc3cc(O)ccc3c2)cc1.C=C/C=C\C=C/C.CC.CS.Cc1ccc2ccccc2c1. The maximum atomic E-state index is 9.81. The molecule has 0 aliphatic heterocycles. The number of fused-ring (bicyclic) bond motifs is 2. The number of hydrogen-bond acceptors (Lipinski definition) is 2. The summed E-state index contributed by atoms with van der Waals surface area (Å²) in [5.74, 6) is 0.291. The predicted octanol–water partition coefficient (Wildman–Crippen LogP) is 12.8. The molecule has 6 aromatic carbocycles. The Kier molecular flexibility index (Phi) is 22.2. The zero-order valence-corrected chi connectivity index (χ0v) is 34.3. The van der Waals surface area contributed by atoms with Gasteiger partial charge < -0.3 is 5.11 Å². The number of hydrogen-bond donors (Lipinski definition) is 2.